The van der Waals surface area contributed by atoms with E-state index in [0.29, 0.717) is 28.7 Å². The van der Waals surface area contributed by atoms with Crippen molar-refractivity contribution in [2.45, 2.75) is 6.42 Å². The Balaban J connectivity index is 2.07. The minimum atomic E-state index is -0.448. The Morgan fingerprint density at radius 2 is 1.95 bits per heavy atom. The molecule has 0 atom stereocenters. The molecular weight excluding hydrogens is 416 g/mol. The van der Waals surface area contributed by atoms with Crippen LogP contribution in [0.5, 0.6) is 0 Å². The van der Waals surface area contributed by atoms with E-state index < -0.39 is 4.92 Å². The molecule has 3 rings (SSSR count). The number of anilines is 1. The molecule has 1 amide bonds. The zero-order chi connectivity index (χ0) is 15.9. The largest absolute Gasteiger partial charge is 0.302 e. The number of carbonyl (C=O) groups excluding carboxylic acids is 1. The molecule has 1 aliphatic heterocycles. The summed E-state index contributed by atoms with van der Waals surface area (Å²) in [5.41, 5.74) is 1.66. The fourth-order valence-corrected chi connectivity index (χ4v) is 3.50. The van der Waals surface area contributed by atoms with E-state index >= 15 is 0 Å². The Morgan fingerprint density at radius 3 is 2.64 bits per heavy atom. The van der Waals surface area contributed by atoms with E-state index in [1.54, 1.807) is 18.2 Å². The SMILES string of the molecule is O=C(c1cccc(Br)c1)N1CCc2cc(Br)cc([N+](=O)[O-])c21. The van der Waals surface area contributed by atoms with Crippen LogP contribution in [-0.2, 0) is 6.42 Å². The van der Waals surface area contributed by atoms with Gasteiger partial charge >= 0.3 is 0 Å². The van der Waals surface area contributed by atoms with Crippen LogP contribution in [0.3, 0.4) is 0 Å². The minimum absolute atomic E-state index is 0.0507. The summed E-state index contributed by atoms with van der Waals surface area (Å²) in [7, 11) is 0. The number of hydrogen-bond donors (Lipinski definition) is 0. The first-order valence-electron chi connectivity index (χ1n) is 6.51. The Morgan fingerprint density at radius 1 is 1.18 bits per heavy atom. The normalized spacial score (nSPS) is 13.1. The molecule has 0 saturated carbocycles. The van der Waals surface area contributed by atoms with E-state index in [1.807, 2.05) is 12.1 Å². The number of hydrogen-bond acceptors (Lipinski definition) is 3. The van der Waals surface area contributed by atoms with Gasteiger partial charge in [0, 0.05) is 27.1 Å². The van der Waals surface area contributed by atoms with Crippen molar-refractivity contribution < 1.29 is 9.72 Å². The van der Waals surface area contributed by atoms with Gasteiger partial charge in [-0.05, 0) is 36.2 Å². The second kappa shape index (κ2) is 5.81. The van der Waals surface area contributed by atoms with Crippen molar-refractivity contribution in [3.63, 3.8) is 0 Å². The third-order valence-corrected chi connectivity index (χ3v) is 4.47. The van der Waals surface area contributed by atoms with Crippen molar-refractivity contribution in [1.29, 1.82) is 0 Å². The van der Waals surface area contributed by atoms with E-state index in [4.69, 9.17) is 0 Å². The molecular formula is C15H10Br2N2O3. The van der Waals surface area contributed by atoms with Gasteiger partial charge in [0.25, 0.3) is 11.6 Å². The Hall–Kier alpha value is -1.73. The van der Waals surface area contributed by atoms with Gasteiger partial charge in [0.1, 0.15) is 5.69 Å². The molecule has 2 aromatic carbocycles. The van der Waals surface area contributed by atoms with Crippen LogP contribution in [-0.4, -0.2) is 17.4 Å². The number of carbonyl (C=O) groups is 1. The lowest BCUT2D eigenvalue weighted by Crippen LogP contribution is -2.29. The van der Waals surface area contributed by atoms with Gasteiger partial charge in [-0.25, -0.2) is 0 Å². The first-order chi connectivity index (χ1) is 10.5. The first kappa shape index (κ1) is 15.2. The van der Waals surface area contributed by atoms with E-state index in [0.717, 1.165) is 10.0 Å². The highest BCUT2D eigenvalue weighted by Gasteiger charge is 2.33. The standard InChI is InChI=1S/C15H10Br2N2O3/c16-11-3-1-2-10(7-11)15(20)18-5-4-9-6-12(17)8-13(14(9)18)19(21)22/h1-3,6-8H,4-5H2. The molecule has 7 heteroatoms. The van der Waals surface area contributed by atoms with Gasteiger partial charge in [-0.3, -0.25) is 14.9 Å². The summed E-state index contributed by atoms with van der Waals surface area (Å²) in [4.78, 5) is 25.0. The van der Waals surface area contributed by atoms with Crippen molar-refractivity contribution in [3.05, 3.63) is 66.6 Å². The predicted octanol–water partition coefficient (Wildman–Crippen LogP) is 4.32. The molecule has 0 bridgehead atoms. The number of fused-ring (bicyclic) bond motifs is 1. The predicted molar refractivity (Wildman–Crippen MR) is 90.3 cm³/mol. The third kappa shape index (κ3) is 2.66. The van der Waals surface area contributed by atoms with Gasteiger partial charge in [-0.1, -0.05) is 37.9 Å². The molecule has 22 heavy (non-hydrogen) atoms. The molecule has 0 aromatic heterocycles. The summed E-state index contributed by atoms with van der Waals surface area (Å²) in [6.07, 6.45) is 0.607. The maximum absolute atomic E-state index is 12.7. The van der Waals surface area contributed by atoms with Gasteiger partial charge in [-0.2, -0.15) is 0 Å². The van der Waals surface area contributed by atoms with Gasteiger partial charge in [0.05, 0.1) is 4.92 Å². The van der Waals surface area contributed by atoms with Crippen LogP contribution in [0.25, 0.3) is 0 Å². The fourth-order valence-electron chi connectivity index (χ4n) is 2.61. The van der Waals surface area contributed by atoms with Crippen molar-refractivity contribution in [3.8, 4) is 0 Å². The van der Waals surface area contributed by atoms with Crippen LogP contribution < -0.4 is 4.90 Å². The molecule has 0 spiro atoms. The van der Waals surface area contributed by atoms with Crippen LogP contribution in [0.15, 0.2) is 45.3 Å². The van der Waals surface area contributed by atoms with Gasteiger partial charge < -0.3 is 4.90 Å². The highest BCUT2D eigenvalue weighted by atomic mass is 79.9. The Labute approximate surface area is 143 Å². The number of amides is 1. The van der Waals surface area contributed by atoms with E-state index in [-0.39, 0.29) is 11.6 Å². The lowest BCUT2D eigenvalue weighted by atomic mass is 10.1. The zero-order valence-corrected chi connectivity index (χ0v) is 14.4. The molecule has 0 saturated heterocycles. The van der Waals surface area contributed by atoms with Crippen LogP contribution in [0, 0.1) is 10.1 Å². The molecule has 0 N–H and O–H groups in total. The van der Waals surface area contributed by atoms with Crippen molar-refractivity contribution in [1.82, 2.24) is 0 Å². The number of benzene rings is 2. The molecule has 0 aliphatic carbocycles. The summed E-state index contributed by atoms with van der Waals surface area (Å²) in [6, 6.07) is 10.3. The number of halogens is 2. The molecule has 0 radical (unpaired) electrons. The van der Waals surface area contributed by atoms with Crippen LogP contribution >= 0.6 is 31.9 Å². The summed E-state index contributed by atoms with van der Waals surface area (Å²) in [6.45, 7) is 0.442. The molecule has 0 fully saturated rings. The smallest absolute Gasteiger partial charge is 0.294 e. The number of rotatable bonds is 2. The summed E-state index contributed by atoms with van der Waals surface area (Å²) >= 11 is 6.61. The van der Waals surface area contributed by atoms with Crippen molar-refractivity contribution in [2.75, 3.05) is 11.4 Å². The Bertz CT molecular complexity index is 792. The molecule has 112 valence electrons. The highest BCUT2D eigenvalue weighted by molar-refractivity contribution is 9.10. The summed E-state index contributed by atoms with van der Waals surface area (Å²) in [5, 5.41) is 11.3. The number of nitrogens with zero attached hydrogens (tertiary/aromatic N) is 2. The summed E-state index contributed by atoms with van der Waals surface area (Å²) < 4.78 is 1.44. The molecule has 0 unspecified atom stereocenters. The highest BCUT2D eigenvalue weighted by Crippen LogP contribution is 2.40. The van der Waals surface area contributed by atoms with Crippen molar-refractivity contribution in [2.24, 2.45) is 0 Å². The van der Waals surface area contributed by atoms with E-state index in [1.165, 1.54) is 11.0 Å². The van der Waals surface area contributed by atoms with E-state index in [9.17, 15) is 14.9 Å². The Kier molecular flexibility index (Phi) is 4.01. The lowest BCUT2D eigenvalue weighted by molar-refractivity contribution is -0.384. The average molecular weight is 426 g/mol. The van der Waals surface area contributed by atoms with Crippen molar-refractivity contribution >= 4 is 49.1 Å². The minimum Gasteiger partial charge on any atom is -0.302 e. The van der Waals surface area contributed by atoms with Crippen LogP contribution in [0.2, 0.25) is 0 Å². The molecule has 1 heterocycles. The number of nitro benzene ring substituents is 1. The first-order valence-corrected chi connectivity index (χ1v) is 8.10. The molecule has 2 aromatic rings. The van der Waals surface area contributed by atoms with Gasteiger partial charge in [-0.15, -0.1) is 0 Å². The van der Waals surface area contributed by atoms with Crippen LogP contribution in [0.1, 0.15) is 15.9 Å². The van der Waals surface area contributed by atoms with E-state index in [2.05, 4.69) is 31.9 Å². The van der Waals surface area contributed by atoms with Crippen LogP contribution in [0.4, 0.5) is 11.4 Å². The second-order valence-electron chi connectivity index (χ2n) is 4.91. The molecule has 1 aliphatic rings. The lowest BCUT2D eigenvalue weighted by Gasteiger charge is -2.17. The second-order valence-corrected chi connectivity index (χ2v) is 6.74. The fraction of sp³-hybridized carbons (Fsp3) is 0.133. The quantitative estimate of drug-likeness (QED) is 0.531. The monoisotopic (exact) mass is 424 g/mol. The number of nitro groups is 1. The molecule has 5 nitrogen and oxygen atoms in total. The zero-order valence-electron chi connectivity index (χ0n) is 11.3. The van der Waals surface area contributed by atoms with Gasteiger partial charge in [0.2, 0.25) is 0 Å². The third-order valence-electron chi connectivity index (χ3n) is 3.52. The van der Waals surface area contributed by atoms with Gasteiger partial charge in [0.15, 0.2) is 0 Å². The average Bonchev–Trinajstić information content (AvgIpc) is 2.89. The topological polar surface area (TPSA) is 63.5 Å². The summed E-state index contributed by atoms with van der Waals surface area (Å²) in [5.74, 6) is -0.231. The maximum atomic E-state index is 12.7. The maximum Gasteiger partial charge on any atom is 0.294 e.